The first-order valence-corrected chi connectivity index (χ1v) is 9.84. The second-order valence-electron chi connectivity index (χ2n) is 7.04. The lowest BCUT2D eigenvalue weighted by Gasteiger charge is -2.35. The van der Waals surface area contributed by atoms with E-state index in [-0.39, 0.29) is 6.03 Å². The topological polar surface area (TPSA) is 114 Å². The maximum Gasteiger partial charge on any atom is 0.322 e. The number of carbonyl (C=O) groups excluding carboxylic acids is 2. The van der Waals surface area contributed by atoms with Crippen LogP contribution in [0.5, 0.6) is 5.75 Å². The van der Waals surface area contributed by atoms with Crippen molar-refractivity contribution in [2.75, 3.05) is 36.4 Å². The van der Waals surface area contributed by atoms with Gasteiger partial charge in [0.15, 0.2) is 5.75 Å². The van der Waals surface area contributed by atoms with Gasteiger partial charge >= 0.3 is 12.0 Å². The summed E-state index contributed by atoms with van der Waals surface area (Å²) < 4.78 is 10.1. The summed E-state index contributed by atoms with van der Waals surface area (Å²) in [6.45, 7) is 5.42. The van der Waals surface area contributed by atoms with Gasteiger partial charge in [-0.3, -0.25) is 4.79 Å². The highest BCUT2D eigenvalue weighted by Crippen LogP contribution is 2.25. The number of ether oxygens (including phenoxy) is 1. The molecule has 4 rings (SSSR count). The normalized spacial score (nSPS) is 13.7. The van der Waals surface area contributed by atoms with Gasteiger partial charge in [-0.15, -0.1) is 0 Å². The van der Waals surface area contributed by atoms with Gasteiger partial charge in [-0.2, -0.15) is 4.98 Å². The van der Waals surface area contributed by atoms with Crippen LogP contribution in [0.25, 0.3) is 11.4 Å². The lowest BCUT2D eigenvalue weighted by atomic mass is 10.2. The van der Waals surface area contributed by atoms with Crippen molar-refractivity contribution in [3.63, 3.8) is 0 Å². The molecule has 1 aromatic carbocycles. The molecule has 0 bridgehead atoms. The fourth-order valence-electron chi connectivity index (χ4n) is 3.27. The molecule has 2 amide bonds. The number of nitrogens with one attached hydrogen (secondary N) is 1. The van der Waals surface area contributed by atoms with Crippen molar-refractivity contribution in [2.45, 2.75) is 13.8 Å². The highest BCUT2D eigenvalue weighted by Gasteiger charge is 2.23. The minimum absolute atomic E-state index is 0.241. The van der Waals surface area contributed by atoms with Gasteiger partial charge < -0.3 is 24.4 Å². The van der Waals surface area contributed by atoms with E-state index in [4.69, 9.17) is 9.26 Å². The van der Waals surface area contributed by atoms with Crippen LogP contribution in [0.1, 0.15) is 12.8 Å². The first-order chi connectivity index (χ1) is 15.0. The molecular formula is C21H22N6O4. The van der Waals surface area contributed by atoms with E-state index >= 15 is 0 Å². The first-order valence-electron chi connectivity index (χ1n) is 9.84. The number of piperazine rings is 1. The van der Waals surface area contributed by atoms with Crippen LogP contribution in [-0.4, -0.2) is 58.2 Å². The highest BCUT2D eigenvalue weighted by atomic mass is 16.5. The zero-order valence-corrected chi connectivity index (χ0v) is 17.2. The maximum atomic E-state index is 12.7. The molecule has 0 saturated carbocycles. The molecule has 3 heterocycles. The number of hydrogen-bond donors (Lipinski definition) is 1. The van der Waals surface area contributed by atoms with Crippen molar-refractivity contribution in [3.05, 3.63) is 48.5 Å². The smallest absolute Gasteiger partial charge is 0.322 e. The van der Waals surface area contributed by atoms with Gasteiger partial charge in [0.1, 0.15) is 5.82 Å². The number of esters is 1. The zero-order valence-electron chi connectivity index (χ0n) is 17.2. The van der Waals surface area contributed by atoms with Crippen molar-refractivity contribution in [3.8, 4) is 17.1 Å². The van der Waals surface area contributed by atoms with E-state index in [2.05, 4.69) is 25.3 Å². The molecule has 0 unspecified atom stereocenters. The van der Waals surface area contributed by atoms with E-state index in [1.165, 1.54) is 6.92 Å². The molecule has 2 aromatic heterocycles. The molecular weight excluding hydrogens is 400 g/mol. The lowest BCUT2D eigenvalue weighted by Crippen LogP contribution is -2.50. The lowest BCUT2D eigenvalue weighted by molar-refractivity contribution is -0.131. The number of rotatable bonds is 4. The minimum atomic E-state index is -0.441. The minimum Gasteiger partial charge on any atom is -0.424 e. The van der Waals surface area contributed by atoms with Crippen LogP contribution < -0.4 is 15.0 Å². The van der Waals surface area contributed by atoms with Gasteiger partial charge in [0, 0.05) is 51.8 Å². The van der Waals surface area contributed by atoms with Gasteiger partial charge in [0.25, 0.3) is 0 Å². The zero-order chi connectivity index (χ0) is 21.8. The summed E-state index contributed by atoms with van der Waals surface area (Å²) in [4.78, 5) is 36.5. The summed E-state index contributed by atoms with van der Waals surface area (Å²) in [6, 6.07) is 10.4. The van der Waals surface area contributed by atoms with Crippen LogP contribution in [-0.2, 0) is 4.79 Å². The van der Waals surface area contributed by atoms with Gasteiger partial charge in [-0.1, -0.05) is 17.3 Å². The molecule has 10 nitrogen and oxygen atoms in total. The molecule has 1 fully saturated rings. The number of amides is 2. The summed E-state index contributed by atoms with van der Waals surface area (Å²) in [5.74, 6) is 1.71. The number of para-hydroxylation sites is 2. The summed E-state index contributed by atoms with van der Waals surface area (Å²) in [5.41, 5.74) is 1.24. The Hall–Kier alpha value is -3.95. The molecule has 160 valence electrons. The van der Waals surface area contributed by atoms with Crippen molar-refractivity contribution in [1.82, 2.24) is 20.0 Å². The van der Waals surface area contributed by atoms with Gasteiger partial charge in [-0.05, 0) is 24.3 Å². The summed E-state index contributed by atoms with van der Waals surface area (Å²) in [5, 5.41) is 6.72. The fraction of sp³-hybridized carbons (Fsp3) is 0.286. The Morgan fingerprint density at radius 2 is 1.87 bits per heavy atom. The van der Waals surface area contributed by atoms with Gasteiger partial charge in [-0.25, -0.2) is 9.78 Å². The number of aromatic nitrogens is 3. The Kier molecular flexibility index (Phi) is 5.78. The predicted molar refractivity (Wildman–Crippen MR) is 113 cm³/mol. The summed E-state index contributed by atoms with van der Waals surface area (Å²) in [6.07, 6.45) is 1.71. The molecule has 3 aromatic rings. The molecule has 0 radical (unpaired) electrons. The van der Waals surface area contributed by atoms with Crippen LogP contribution in [0, 0.1) is 6.92 Å². The van der Waals surface area contributed by atoms with E-state index < -0.39 is 5.97 Å². The summed E-state index contributed by atoms with van der Waals surface area (Å²) >= 11 is 0. The monoisotopic (exact) mass is 422 g/mol. The quantitative estimate of drug-likeness (QED) is 0.504. The molecule has 0 aliphatic carbocycles. The Morgan fingerprint density at radius 1 is 1.10 bits per heavy atom. The van der Waals surface area contributed by atoms with E-state index in [1.54, 1.807) is 42.3 Å². The van der Waals surface area contributed by atoms with Crippen LogP contribution in [0.4, 0.5) is 16.3 Å². The van der Waals surface area contributed by atoms with E-state index in [0.717, 1.165) is 11.4 Å². The molecule has 1 N–H and O–H groups in total. The van der Waals surface area contributed by atoms with Crippen LogP contribution in [0.15, 0.2) is 47.1 Å². The highest BCUT2D eigenvalue weighted by molar-refractivity contribution is 5.91. The van der Waals surface area contributed by atoms with Crippen LogP contribution in [0.3, 0.4) is 0 Å². The van der Waals surface area contributed by atoms with Gasteiger partial charge in [0.2, 0.25) is 11.7 Å². The molecule has 1 aliphatic rings. The number of nitrogens with zero attached hydrogens (tertiary/aromatic N) is 5. The van der Waals surface area contributed by atoms with Gasteiger partial charge in [0.05, 0.1) is 5.69 Å². The maximum absolute atomic E-state index is 12.7. The molecule has 1 saturated heterocycles. The Balaban J connectivity index is 1.34. The van der Waals surface area contributed by atoms with Crippen molar-refractivity contribution >= 4 is 23.5 Å². The molecule has 1 aliphatic heterocycles. The third-order valence-electron chi connectivity index (χ3n) is 4.81. The number of aryl methyl sites for hydroxylation is 1. The second kappa shape index (κ2) is 8.82. The van der Waals surface area contributed by atoms with Crippen LogP contribution in [0.2, 0.25) is 0 Å². The molecule has 31 heavy (non-hydrogen) atoms. The average molecular weight is 422 g/mol. The number of urea groups is 1. The number of hydrogen-bond acceptors (Lipinski definition) is 8. The first kappa shape index (κ1) is 20.3. The number of carbonyl (C=O) groups is 2. The third kappa shape index (κ3) is 4.80. The fourth-order valence-corrected chi connectivity index (χ4v) is 3.27. The largest absolute Gasteiger partial charge is 0.424 e. The van der Waals surface area contributed by atoms with Crippen LogP contribution >= 0.6 is 0 Å². The van der Waals surface area contributed by atoms with Crippen molar-refractivity contribution in [1.29, 1.82) is 0 Å². The van der Waals surface area contributed by atoms with E-state index in [0.29, 0.717) is 49.3 Å². The second-order valence-corrected chi connectivity index (χ2v) is 7.04. The van der Waals surface area contributed by atoms with Crippen molar-refractivity contribution < 1.29 is 18.8 Å². The Morgan fingerprint density at radius 3 is 2.52 bits per heavy atom. The Bertz CT molecular complexity index is 1070. The molecule has 10 heteroatoms. The number of anilines is 2. The molecule has 0 spiro atoms. The predicted octanol–water partition coefficient (Wildman–Crippen LogP) is 2.72. The SMILES string of the molecule is CC(=O)Oc1ccccc1NC(=O)N1CCN(c2ccc(-c3noc(C)n3)cn2)CC1. The van der Waals surface area contributed by atoms with E-state index in [9.17, 15) is 9.59 Å². The third-order valence-corrected chi connectivity index (χ3v) is 4.81. The number of pyridine rings is 1. The number of benzene rings is 1. The Labute approximate surface area is 178 Å². The summed E-state index contributed by atoms with van der Waals surface area (Å²) in [7, 11) is 0. The standard InChI is InChI=1S/C21H22N6O4/c1-14-23-20(25-31-14)16-7-8-19(22-13-16)26-9-11-27(12-10-26)21(29)24-17-5-3-4-6-18(17)30-15(2)28/h3-8,13H,9-12H2,1-2H3,(H,24,29). The van der Waals surface area contributed by atoms with E-state index in [1.807, 2.05) is 12.1 Å². The average Bonchev–Trinajstić information content (AvgIpc) is 3.21. The molecule has 0 atom stereocenters. The van der Waals surface area contributed by atoms with Crippen molar-refractivity contribution in [2.24, 2.45) is 0 Å².